The molecule has 3 rings (SSSR count). The number of hydrogen-bond acceptors (Lipinski definition) is 5. The normalized spacial score (nSPS) is 17.6. The number of hydrogen-bond donors (Lipinski definition) is 1. The van der Waals surface area contributed by atoms with Gasteiger partial charge < -0.3 is 10.3 Å². The molecule has 1 aliphatic rings. The Bertz CT molecular complexity index is 497. The Balaban J connectivity index is 1.66. The van der Waals surface area contributed by atoms with Gasteiger partial charge in [-0.2, -0.15) is 4.98 Å². The molecule has 0 unspecified atom stereocenters. The van der Waals surface area contributed by atoms with E-state index in [1.807, 2.05) is 6.07 Å². The van der Waals surface area contributed by atoms with Crippen LogP contribution in [-0.2, 0) is 12.8 Å². The maximum absolute atomic E-state index is 5.84. The van der Waals surface area contributed by atoms with Gasteiger partial charge >= 0.3 is 0 Å². The van der Waals surface area contributed by atoms with Gasteiger partial charge in [-0.3, -0.25) is 0 Å². The summed E-state index contributed by atoms with van der Waals surface area (Å²) >= 11 is 1.72. The molecule has 1 aliphatic carbocycles. The first-order valence-electron chi connectivity index (χ1n) is 6.34. The van der Waals surface area contributed by atoms with Crippen LogP contribution in [0.3, 0.4) is 0 Å². The van der Waals surface area contributed by atoms with Crippen LogP contribution in [0.1, 0.15) is 35.9 Å². The van der Waals surface area contributed by atoms with Crippen molar-refractivity contribution in [2.75, 3.05) is 6.54 Å². The molecule has 0 spiro atoms. The minimum absolute atomic E-state index is 0.229. The zero-order valence-corrected chi connectivity index (χ0v) is 11.1. The molecule has 0 amide bonds. The summed E-state index contributed by atoms with van der Waals surface area (Å²) in [6.07, 6.45) is 5.24. The second-order valence-electron chi connectivity index (χ2n) is 5.09. The van der Waals surface area contributed by atoms with Gasteiger partial charge in [0.05, 0.1) is 0 Å². The van der Waals surface area contributed by atoms with E-state index >= 15 is 0 Å². The van der Waals surface area contributed by atoms with Crippen LogP contribution in [0.4, 0.5) is 0 Å². The van der Waals surface area contributed by atoms with Crippen molar-refractivity contribution in [1.29, 1.82) is 0 Å². The highest BCUT2D eigenvalue weighted by atomic mass is 32.1. The predicted molar refractivity (Wildman–Crippen MR) is 70.5 cm³/mol. The second kappa shape index (κ2) is 4.82. The maximum atomic E-state index is 5.84. The maximum Gasteiger partial charge on any atom is 0.227 e. The number of aromatic nitrogens is 2. The van der Waals surface area contributed by atoms with Gasteiger partial charge in [0.25, 0.3) is 0 Å². The van der Waals surface area contributed by atoms with Crippen molar-refractivity contribution >= 4 is 11.3 Å². The SMILES string of the molecule is NCC1(Cc2nc(Cc3cccs3)no2)CCC1. The highest BCUT2D eigenvalue weighted by Crippen LogP contribution is 2.42. The van der Waals surface area contributed by atoms with Crippen LogP contribution in [0, 0.1) is 5.41 Å². The number of rotatable bonds is 5. The van der Waals surface area contributed by atoms with Gasteiger partial charge in [0.15, 0.2) is 5.82 Å². The molecule has 2 N–H and O–H groups in total. The Morgan fingerprint density at radius 1 is 1.44 bits per heavy atom. The van der Waals surface area contributed by atoms with Gasteiger partial charge in [-0.1, -0.05) is 17.6 Å². The van der Waals surface area contributed by atoms with E-state index in [1.165, 1.54) is 24.1 Å². The van der Waals surface area contributed by atoms with Crippen LogP contribution in [0.15, 0.2) is 22.0 Å². The van der Waals surface area contributed by atoms with E-state index in [-0.39, 0.29) is 5.41 Å². The summed E-state index contributed by atoms with van der Waals surface area (Å²) in [5.41, 5.74) is 6.07. The quantitative estimate of drug-likeness (QED) is 0.899. The summed E-state index contributed by atoms with van der Waals surface area (Å²) in [5, 5.41) is 6.11. The zero-order chi connectivity index (χ0) is 12.4. The molecule has 0 aliphatic heterocycles. The molecular weight excluding hydrogens is 246 g/mol. The molecule has 2 aromatic heterocycles. The van der Waals surface area contributed by atoms with E-state index in [4.69, 9.17) is 10.3 Å². The molecule has 2 aromatic rings. The number of thiophene rings is 1. The lowest BCUT2D eigenvalue weighted by Gasteiger charge is -2.39. The lowest BCUT2D eigenvalue weighted by molar-refractivity contribution is 0.129. The largest absolute Gasteiger partial charge is 0.339 e. The predicted octanol–water partition coefficient (Wildman–Crippen LogP) is 2.39. The van der Waals surface area contributed by atoms with Crippen molar-refractivity contribution in [3.8, 4) is 0 Å². The van der Waals surface area contributed by atoms with Crippen LogP contribution < -0.4 is 5.73 Å². The standard InChI is InChI=1S/C13H17N3OS/c14-9-13(4-2-5-13)8-12-15-11(16-17-12)7-10-3-1-6-18-10/h1,3,6H,2,4-5,7-9,14H2. The third-order valence-corrected chi connectivity index (χ3v) is 4.67. The van der Waals surface area contributed by atoms with Crippen molar-refractivity contribution in [1.82, 2.24) is 10.1 Å². The lowest BCUT2D eigenvalue weighted by Crippen LogP contribution is -2.39. The molecule has 0 bridgehead atoms. The minimum Gasteiger partial charge on any atom is -0.339 e. The molecule has 4 nitrogen and oxygen atoms in total. The number of nitrogens with zero attached hydrogens (tertiary/aromatic N) is 2. The molecule has 0 saturated heterocycles. The summed E-state index contributed by atoms with van der Waals surface area (Å²) in [7, 11) is 0. The van der Waals surface area contributed by atoms with E-state index < -0.39 is 0 Å². The fourth-order valence-electron chi connectivity index (χ4n) is 2.45. The Morgan fingerprint density at radius 3 is 2.94 bits per heavy atom. The Hall–Kier alpha value is -1.20. The molecule has 96 valence electrons. The highest BCUT2D eigenvalue weighted by Gasteiger charge is 2.37. The first-order valence-corrected chi connectivity index (χ1v) is 7.22. The Morgan fingerprint density at radius 2 is 2.33 bits per heavy atom. The fraction of sp³-hybridized carbons (Fsp3) is 0.538. The van der Waals surface area contributed by atoms with E-state index in [9.17, 15) is 0 Å². The highest BCUT2D eigenvalue weighted by molar-refractivity contribution is 7.09. The van der Waals surface area contributed by atoms with Crippen molar-refractivity contribution in [2.45, 2.75) is 32.1 Å². The molecule has 1 fully saturated rings. The summed E-state index contributed by atoms with van der Waals surface area (Å²) in [6.45, 7) is 0.718. The fourth-order valence-corrected chi connectivity index (χ4v) is 3.15. The lowest BCUT2D eigenvalue weighted by atomic mass is 9.67. The molecule has 18 heavy (non-hydrogen) atoms. The second-order valence-corrected chi connectivity index (χ2v) is 6.13. The van der Waals surface area contributed by atoms with Crippen molar-refractivity contribution in [3.05, 3.63) is 34.1 Å². The number of nitrogens with two attached hydrogens (primary N) is 1. The first kappa shape index (κ1) is 11.9. The minimum atomic E-state index is 0.229. The van der Waals surface area contributed by atoms with Crippen LogP contribution in [-0.4, -0.2) is 16.7 Å². The van der Waals surface area contributed by atoms with Crippen LogP contribution in [0.5, 0.6) is 0 Å². The first-order chi connectivity index (χ1) is 8.80. The van der Waals surface area contributed by atoms with Gasteiger partial charge in [-0.15, -0.1) is 11.3 Å². The third-order valence-electron chi connectivity index (χ3n) is 3.80. The molecule has 0 radical (unpaired) electrons. The van der Waals surface area contributed by atoms with Crippen molar-refractivity contribution in [2.24, 2.45) is 11.1 Å². The monoisotopic (exact) mass is 263 g/mol. The summed E-state index contributed by atoms with van der Waals surface area (Å²) in [4.78, 5) is 5.74. The topological polar surface area (TPSA) is 64.9 Å². The van der Waals surface area contributed by atoms with E-state index in [0.29, 0.717) is 0 Å². The van der Waals surface area contributed by atoms with E-state index in [1.54, 1.807) is 11.3 Å². The van der Waals surface area contributed by atoms with E-state index in [0.717, 1.165) is 31.1 Å². The Labute approximate surface area is 110 Å². The van der Waals surface area contributed by atoms with Gasteiger partial charge in [-0.05, 0) is 36.2 Å². The van der Waals surface area contributed by atoms with Crippen LogP contribution >= 0.6 is 11.3 Å². The summed E-state index contributed by atoms with van der Waals surface area (Å²) < 4.78 is 5.33. The third kappa shape index (κ3) is 2.33. The average Bonchev–Trinajstić information content (AvgIpc) is 2.96. The Kier molecular flexibility index (Phi) is 3.18. The van der Waals surface area contributed by atoms with Gasteiger partial charge in [0.1, 0.15) is 0 Å². The summed E-state index contributed by atoms with van der Waals surface area (Å²) in [5.74, 6) is 1.52. The molecule has 0 atom stereocenters. The van der Waals surface area contributed by atoms with Crippen LogP contribution in [0.2, 0.25) is 0 Å². The smallest absolute Gasteiger partial charge is 0.227 e. The van der Waals surface area contributed by atoms with Crippen molar-refractivity contribution < 1.29 is 4.52 Å². The molecule has 5 heteroatoms. The molecule has 0 aromatic carbocycles. The van der Waals surface area contributed by atoms with E-state index in [2.05, 4.69) is 21.6 Å². The van der Waals surface area contributed by atoms with Crippen molar-refractivity contribution in [3.63, 3.8) is 0 Å². The van der Waals surface area contributed by atoms with Gasteiger partial charge in [-0.25, -0.2) is 0 Å². The van der Waals surface area contributed by atoms with Gasteiger partial charge in [0, 0.05) is 17.7 Å². The molecular formula is C13H17N3OS. The molecule has 1 saturated carbocycles. The zero-order valence-electron chi connectivity index (χ0n) is 10.3. The summed E-state index contributed by atoms with van der Waals surface area (Å²) in [6, 6.07) is 4.13. The average molecular weight is 263 g/mol. The van der Waals surface area contributed by atoms with Crippen LogP contribution in [0.25, 0.3) is 0 Å². The van der Waals surface area contributed by atoms with Gasteiger partial charge in [0.2, 0.25) is 5.89 Å². The molecule has 2 heterocycles.